The van der Waals surface area contributed by atoms with Gasteiger partial charge in [0.05, 0.1) is 37.7 Å². The second kappa shape index (κ2) is 7.23. The molecule has 132 valence electrons. The maximum absolute atomic E-state index is 10.9. The third kappa shape index (κ3) is 3.44. The zero-order chi connectivity index (χ0) is 18.8. The minimum Gasteiger partial charge on any atom is -0.258 e. The van der Waals surface area contributed by atoms with Crippen molar-refractivity contribution in [1.29, 1.82) is 0 Å². The fourth-order valence-electron chi connectivity index (χ4n) is 2.45. The molecule has 0 saturated heterocycles. The number of nitrogens with zero attached hydrogens (tertiary/aromatic N) is 5. The molecule has 26 heavy (non-hydrogen) atoms. The van der Waals surface area contributed by atoms with Crippen molar-refractivity contribution < 1.29 is 4.92 Å². The lowest BCUT2D eigenvalue weighted by atomic mass is 10.3. The highest BCUT2D eigenvalue weighted by molar-refractivity contribution is 6.43. The minimum atomic E-state index is -0.477. The van der Waals surface area contributed by atoms with Gasteiger partial charge in [-0.3, -0.25) is 10.1 Å². The first-order valence-corrected chi connectivity index (χ1v) is 8.31. The molecule has 0 amide bonds. The van der Waals surface area contributed by atoms with E-state index >= 15 is 0 Å². The average Bonchev–Trinajstić information content (AvgIpc) is 2.90. The number of rotatable bonds is 4. The van der Waals surface area contributed by atoms with E-state index in [0.717, 1.165) is 5.69 Å². The highest BCUT2D eigenvalue weighted by atomic mass is 35.5. The lowest BCUT2D eigenvalue weighted by Gasteiger charge is -2.07. The van der Waals surface area contributed by atoms with Crippen molar-refractivity contribution in [2.75, 3.05) is 0 Å². The summed E-state index contributed by atoms with van der Waals surface area (Å²) in [6, 6.07) is 11.2. The lowest BCUT2D eigenvalue weighted by molar-refractivity contribution is -0.384. The van der Waals surface area contributed by atoms with Crippen molar-refractivity contribution in [3.63, 3.8) is 0 Å². The molecular weight excluding hydrogens is 377 g/mol. The fourth-order valence-corrected chi connectivity index (χ4v) is 2.82. The first-order chi connectivity index (χ1) is 12.4. The van der Waals surface area contributed by atoms with Crippen LogP contribution in [0.2, 0.25) is 10.0 Å². The largest absolute Gasteiger partial charge is 0.271 e. The standard InChI is InChI=1S/C17H13Cl2N5O2/c1-10-17(21-20-12-5-3-6-13(9-12)24(25)26)11(2)23(22-10)15-8-4-7-14(18)16(15)19/h3-9H,1-2H3. The van der Waals surface area contributed by atoms with Gasteiger partial charge in [0.1, 0.15) is 5.69 Å². The van der Waals surface area contributed by atoms with Crippen LogP contribution in [-0.4, -0.2) is 14.7 Å². The number of nitro benzene ring substituents is 1. The van der Waals surface area contributed by atoms with Crippen LogP contribution in [0.25, 0.3) is 5.69 Å². The van der Waals surface area contributed by atoms with Gasteiger partial charge in [-0.1, -0.05) is 35.3 Å². The molecular formula is C17H13Cl2N5O2. The van der Waals surface area contributed by atoms with E-state index < -0.39 is 4.92 Å². The van der Waals surface area contributed by atoms with Gasteiger partial charge >= 0.3 is 0 Å². The Morgan fingerprint density at radius 2 is 1.85 bits per heavy atom. The van der Waals surface area contributed by atoms with Crippen LogP contribution in [0.15, 0.2) is 52.7 Å². The molecule has 0 unspecified atom stereocenters. The Kier molecular flexibility index (Phi) is 5.01. The van der Waals surface area contributed by atoms with Gasteiger partial charge in [-0.2, -0.15) is 10.2 Å². The minimum absolute atomic E-state index is 0.0451. The SMILES string of the molecule is Cc1nn(-c2cccc(Cl)c2Cl)c(C)c1N=Nc1cccc([N+](=O)[O-])c1. The van der Waals surface area contributed by atoms with Gasteiger partial charge in [-0.15, -0.1) is 5.11 Å². The monoisotopic (exact) mass is 389 g/mol. The topological polar surface area (TPSA) is 85.7 Å². The number of aromatic nitrogens is 2. The van der Waals surface area contributed by atoms with E-state index in [9.17, 15) is 10.1 Å². The van der Waals surface area contributed by atoms with Crippen molar-refractivity contribution in [3.8, 4) is 5.69 Å². The van der Waals surface area contributed by atoms with Crippen LogP contribution >= 0.6 is 23.2 Å². The van der Waals surface area contributed by atoms with Crippen molar-refractivity contribution in [1.82, 2.24) is 9.78 Å². The van der Waals surface area contributed by atoms with E-state index in [1.165, 1.54) is 12.1 Å². The Morgan fingerprint density at radius 3 is 2.58 bits per heavy atom. The number of non-ortho nitro benzene ring substituents is 1. The van der Waals surface area contributed by atoms with E-state index in [4.69, 9.17) is 23.2 Å². The summed E-state index contributed by atoms with van der Waals surface area (Å²) in [6.07, 6.45) is 0. The smallest absolute Gasteiger partial charge is 0.258 e. The van der Waals surface area contributed by atoms with Crippen molar-refractivity contribution in [2.45, 2.75) is 13.8 Å². The van der Waals surface area contributed by atoms with E-state index in [-0.39, 0.29) is 5.69 Å². The zero-order valence-electron chi connectivity index (χ0n) is 13.8. The third-order valence-corrected chi connectivity index (χ3v) is 4.53. The molecule has 0 fully saturated rings. The zero-order valence-corrected chi connectivity index (χ0v) is 15.4. The molecule has 0 aliphatic carbocycles. The number of halogens is 2. The second-order valence-electron chi connectivity index (χ2n) is 5.48. The summed E-state index contributed by atoms with van der Waals surface area (Å²) in [5.74, 6) is 0. The summed E-state index contributed by atoms with van der Waals surface area (Å²) in [7, 11) is 0. The summed E-state index contributed by atoms with van der Waals surface area (Å²) in [5, 5.41) is 24.4. The normalized spacial score (nSPS) is 11.2. The quantitative estimate of drug-likeness (QED) is 0.306. The molecule has 0 aliphatic rings. The predicted octanol–water partition coefficient (Wildman–Crippen LogP) is 6.12. The van der Waals surface area contributed by atoms with Crippen LogP contribution in [0.5, 0.6) is 0 Å². The van der Waals surface area contributed by atoms with Crippen LogP contribution in [0.3, 0.4) is 0 Å². The Labute approximate surface area is 159 Å². The van der Waals surface area contributed by atoms with E-state index in [1.54, 1.807) is 41.9 Å². The van der Waals surface area contributed by atoms with Gasteiger partial charge in [0, 0.05) is 12.1 Å². The molecule has 2 aromatic carbocycles. The van der Waals surface area contributed by atoms with Gasteiger partial charge in [-0.05, 0) is 32.0 Å². The molecule has 0 N–H and O–H groups in total. The van der Waals surface area contributed by atoms with Crippen LogP contribution in [0.4, 0.5) is 17.1 Å². The Bertz CT molecular complexity index is 1030. The second-order valence-corrected chi connectivity index (χ2v) is 6.27. The van der Waals surface area contributed by atoms with E-state index in [2.05, 4.69) is 15.3 Å². The number of hydrogen-bond donors (Lipinski definition) is 0. The number of hydrogen-bond acceptors (Lipinski definition) is 5. The molecule has 3 aromatic rings. The molecule has 0 aliphatic heterocycles. The first kappa shape index (κ1) is 18.0. The molecule has 0 atom stereocenters. The molecule has 3 rings (SSSR count). The Morgan fingerprint density at radius 1 is 1.12 bits per heavy atom. The van der Waals surface area contributed by atoms with Gasteiger partial charge < -0.3 is 0 Å². The summed E-state index contributed by atoms with van der Waals surface area (Å²) in [6.45, 7) is 3.63. The van der Waals surface area contributed by atoms with Crippen molar-refractivity contribution >= 4 is 40.3 Å². The van der Waals surface area contributed by atoms with Gasteiger partial charge in [0.15, 0.2) is 0 Å². The predicted molar refractivity (Wildman–Crippen MR) is 100 cm³/mol. The fraction of sp³-hybridized carbons (Fsp3) is 0.118. The average molecular weight is 390 g/mol. The van der Waals surface area contributed by atoms with Crippen LogP contribution in [0.1, 0.15) is 11.4 Å². The van der Waals surface area contributed by atoms with E-state index in [0.29, 0.717) is 32.8 Å². The summed E-state index contributed by atoms with van der Waals surface area (Å²) in [5.41, 5.74) is 2.90. The maximum atomic E-state index is 10.9. The number of benzene rings is 2. The molecule has 1 aromatic heterocycles. The van der Waals surface area contributed by atoms with Crippen molar-refractivity contribution in [2.24, 2.45) is 10.2 Å². The third-order valence-electron chi connectivity index (χ3n) is 3.72. The van der Waals surface area contributed by atoms with Crippen molar-refractivity contribution in [3.05, 3.63) is 74.0 Å². The summed E-state index contributed by atoms with van der Waals surface area (Å²) >= 11 is 12.3. The Balaban J connectivity index is 2.00. The molecule has 1 heterocycles. The summed E-state index contributed by atoms with van der Waals surface area (Å²) < 4.78 is 1.64. The molecule has 7 nitrogen and oxygen atoms in total. The lowest BCUT2D eigenvalue weighted by Crippen LogP contribution is -1.99. The van der Waals surface area contributed by atoms with Gasteiger partial charge in [0.2, 0.25) is 0 Å². The van der Waals surface area contributed by atoms with Gasteiger partial charge in [-0.25, -0.2) is 4.68 Å². The molecule has 0 saturated carbocycles. The van der Waals surface area contributed by atoms with Crippen LogP contribution < -0.4 is 0 Å². The molecule has 0 bridgehead atoms. The van der Waals surface area contributed by atoms with E-state index in [1.807, 2.05) is 6.92 Å². The molecule has 0 radical (unpaired) electrons. The molecule has 0 spiro atoms. The van der Waals surface area contributed by atoms with Crippen LogP contribution in [0, 0.1) is 24.0 Å². The van der Waals surface area contributed by atoms with Gasteiger partial charge in [0.25, 0.3) is 5.69 Å². The first-order valence-electron chi connectivity index (χ1n) is 7.55. The highest BCUT2D eigenvalue weighted by Gasteiger charge is 2.16. The maximum Gasteiger partial charge on any atom is 0.271 e. The molecule has 9 heteroatoms. The highest BCUT2D eigenvalue weighted by Crippen LogP contribution is 2.33. The number of nitro groups is 1. The summed E-state index contributed by atoms with van der Waals surface area (Å²) in [4.78, 5) is 10.4. The number of aryl methyl sites for hydroxylation is 1. The number of azo groups is 1. The Hall–Kier alpha value is -2.77. The van der Waals surface area contributed by atoms with Crippen LogP contribution in [-0.2, 0) is 0 Å².